The minimum absolute atomic E-state index is 0.684. The molecule has 2 N–H and O–H groups in total. The standard InChI is InChI=1S/C14H29.C3H4O4.Na/c1-5-6-7-8-9-10-11-12-14(4)13(2)3;4-2(5)1-3(6)7;/h13H,5-12H2,1-4H3;1H2,(H,4,5)(H,6,7);. The van der Waals surface area contributed by atoms with Crippen LogP contribution in [-0.4, -0.2) is 50.1 Å². The topological polar surface area (TPSA) is 74.6 Å². The monoisotopic (exact) mass is 324 g/mol. The summed E-state index contributed by atoms with van der Waals surface area (Å²) in [6.07, 6.45) is 10.8. The number of rotatable bonds is 11. The van der Waals surface area contributed by atoms with Crippen molar-refractivity contribution in [3.8, 4) is 0 Å². The summed E-state index contributed by atoms with van der Waals surface area (Å²) in [4.78, 5) is 18.9. The predicted molar refractivity (Wildman–Crippen MR) is 91.5 cm³/mol. The molecule has 0 aliphatic rings. The normalized spacial score (nSPS) is 13.2. The van der Waals surface area contributed by atoms with Crippen molar-refractivity contribution >= 4 is 39.9 Å². The molecule has 4 nitrogen and oxygen atoms in total. The third-order valence-electron chi connectivity index (χ3n) is 4.29. The second-order valence-electron chi connectivity index (χ2n) is 6.98. The van der Waals surface area contributed by atoms with Gasteiger partial charge in [0.15, 0.2) is 0 Å². The molecule has 0 saturated carbocycles. The van der Waals surface area contributed by atoms with E-state index in [0.29, 0.717) is 2.66 Å². The molecule has 0 fully saturated rings. The van der Waals surface area contributed by atoms with Gasteiger partial charge in [-0.3, -0.25) is 9.59 Å². The molecule has 0 aromatic carbocycles. The largest absolute Gasteiger partial charge is 0.481 e. The maximum Gasteiger partial charge on any atom is 0.314 e. The van der Waals surface area contributed by atoms with Gasteiger partial charge >= 0.3 is 128 Å². The van der Waals surface area contributed by atoms with E-state index in [9.17, 15) is 9.59 Å². The molecule has 0 spiro atoms. The molecule has 0 heterocycles. The van der Waals surface area contributed by atoms with Crippen LogP contribution in [0.5, 0.6) is 0 Å². The van der Waals surface area contributed by atoms with Gasteiger partial charge in [0.25, 0.3) is 0 Å². The van der Waals surface area contributed by atoms with Crippen LogP contribution in [0.4, 0.5) is 0 Å². The molecule has 22 heavy (non-hydrogen) atoms. The Morgan fingerprint density at radius 1 is 0.955 bits per heavy atom. The minimum Gasteiger partial charge on any atom is -0.481 e. The van der Waals surface area contributed by atoms with Crippen LogP contribution in [-0.2, 0) is 9.59 Å². The van der Waals surface area contributed by atoms with Crippen molar-refractivity contribution in [2.45, 2.75) is 88.1 Å². The van der Waals surface area contributed by atoms with Gasteiger partial charge in [-0.1, -0.05) is 0 Å². The number of carbonyl (C=O) groups is 2. The van der Waals surface area contributed by atoms with Crippen molar-refractivity contribution in [2.24, 2.45) is 5.92 Å². The fourth-order valence-electron chi connectivity index (χ4n) is 1.96. The van der Waals surface area contributed by atoms with Crippen LogP contribution in [0.1, 0.15) is 85.5 Å². The summed E-state index contributed by atoms with van der Waals surface area (Å²) < 4.78 is 0.684. The van der Waals surface area contributed by atoms with Crippen LogP contribution >= 0.6 is 0 Å². The molecule has 0 bridgehead atoms. The predicted octanol–water partition coefficient (Wildman–Crippen LogP) is 4.68. The Bertz CT molecular complexity index is 289. The van der Waals surface area contributed by atoms with Crippen LogP contribution in [0.2, 0.25) is 2.66 Å². The molecule has 0 aliphatic carbocycles. The summed E-state index contributed by atoms with van der Waals surface area (Å²) in [6, 6.07) is 0. The first-order chi connectivity index (χ1) is 10.1. The van der Waals surface area contributed by atoms with Crippen molar-refractivity contribution < 1.29 is 19.8 Å². The van der Waals surface area contributed by atoms with Gasteiger partial charge in [0.1, 0.15) is 6.42 Å². The van der Waals surface area contributed by atoms with E-state index >= 15 is 0 Å². The summed E-state index contributed by atoms with van der Waals surface area (Å²) >= 11 is 1.35. The molecule has 0 amide bonds. The average molecular weight is 324 g/mol. The summed E-state index contributed by atoms with van der Waals surface area (Å²) in [5.74, 6) is -1.75. The molecule has 0 rings (SSSR count). The van der Waals surface area contributed by atoms with Crippen LogP contribution in [0.3, 0.4) is 0 Å². The first-order valence-electron chi connectivity index (χ1n) is 8.57. The van der Waals surface area contributed by atoms with Crippen LogP contribution in [0, 0.1) is 5.92 Å². The van der Waals surface area contributed by atoms with Gasteiger partial charge < -0.3 is 10.2 Å². The number of aliphatic carboxylic acids is 2. The quantitative estimate of drug-likeness (QED) is 0.329. The summed E-state index contributed by atoms with van der Waals surface area (Å²) in [7, 11) is 0. The molecule has 5 heteroatoms. The fraction of sp³-hybridized carbons (Fsp3) is 0.882. The first-order valence-corrected chi connectivity index (χ1v) is 9.57. The van der Waals surface area contributed by atoms with Crippen molar-refractivity contribution in [1.82, 2.24) is 0 Å². The third-order valence-corrected chi connectivity index (χ3v) is 5.94. The van der Waals surface area contributed by atoms with Crippen molar-refractivity contribution in [2.75, 3.05) is 0 Å². The Labute approximate surface area is 153 Å². The maximum atomic E-state index is 9.43. The molecule has 1 atom stereocenters. The smallest absolute Gasteiger partial charge is 0.314 e. The SMILES string of the molecule is CCCCCCCCC[C](C)([Na])C(C)C.O=C(O)CC(=O)O. The van der Waals surface area contributed by atoms with Crippen molar-refractivity contribution in [1.29, 1.82) is 0 Å². The van der Waals surface area contributed by atoms with Crippen LogP contribution in [0.15, 0.2) is 0 Å². The van der Waals surface area contributed by atoms with E-state index in [1.54, 1.807) is 0 Å². The van der Waals surface area contributed by atoms with Gasteiger partial charge in [-0.2, -0.15) is 0 Å². The Hall–Kier alpha value is -0.0600. The van der Waals surface area contributed by atoms with Gasteiger partial charge in [-0.25, -0.2) is 0 Å². The Morgan fingerprint density at radius 3 is 1.68 bits per heavy atom. The molecule has 0 radical (unpaired) electrons. The van der Waals surface area contributed by atoms with Gasteiger partial charge in [0.2, 0.25) is 0 Å². The molecule has 1 unspecified atom stereocenters. The number of carboxylic acids is 2. The van der Waals surface area contributed by atoms with Gasteiger partial charge in [-0.05, 0) is 0 Å². The van der Waals surface area contributed by atoms with Crippen molar-refractivity contribution in [3.63, 3.8) is 0 Å². The molecule has 0 aromatic rings. The molecular weight excluding hydrogens is 291 g/mol. The summed E-state index contributed by atoms with van der Waals surface area (Å²) in [5.41, 5.74) is 0. The van der Waals surface area contributed by atoms with Crippen LogP contribution in [0.25, 0.3) is 0 Å². The second kappa shape index (κ2) is 14.5. The number of carboxylic acid groups (broad SMARTS) is 2. The fourth-order valence-corrected chi connectivity index (χ4v) is 2.31. The number of hydrogen-bond acceptors (Lipinski definition) is 2. The molecule has 0 aromatic heterocycles. The average Bonchev–Trinajstić information content (AvgIpc) is 2.36. The third kappa shape index (κ3) is 18.0. The van der Waals surface area contributed by atoms with E-state index in [1.807, 2.05) is 0 Å². The second-order valence-corrected chi connectivity index (χ2v) is 9.26. The molecule has 0 saturated heterocycles. The van der Waals surface area contributed by atoms with E-state index in [2.05, 4.69) is 27.7 Å². The first kappa shape index (κ1) is 24.2. The van der Waals surface area contributed by atoms with Gasteiger partial charge in [-0.15, -0.1) is 0 Å². The molecular formula is C17H33NaO4. The van der Waals surface area contributed by atoms with Gasteiger partial charge in [0.05, 0.1) is 0 Å². The molecule has 126 valence electrons. The van der Waals surface area contributed by atoms with Crippen LogP contribution < -0.4 is 0 Å². The maximum absolute atomic E-state index is 9.43. The Kier molecular flexibility index (Phi) is 16.0. The van der Waals surface area contributed by atoms with E-state index in [-0.39, 0.29) is 0 Å². The summed E-state index contributed by atoms with van der Waals surface area (Å²) in [6.45, 7) is 9.53. The number of hydrogen-bond donors (Lipinski definition) is 2. The van der Waals surface area contributed by atoms with Crippen molar-refractivity contribution in [3.05, 3.63) is 0 Å². The Morgan fingerprint density at radius 2 is 1.36 bits per heavy atom. The zero-order valence-electron chi connectivity index (χ0n) is 15.2. The number of unbranched alkanes of at least 4 members (excludes halogenated alkanes) is 6. The molecule has 0 aliphatic heterocycles. The van der Waals surface area contributed by atoms with E-state index < -0.39 is 18.4 Å². The Balaban J connectivity index is 0. The van der Waals surface area contributed by atoms with E-state index in [0.717, 1.165) is 5.92 Å². The van der Waals surface area contributed by atoms with Gasteiger partial charge in [0, 0.05) is 0 Å². The zero-order valence-corrected chi connectivity index (χ0v) is 17.2. The van der Waals surface area contributed by atoms with E-state index in [1.165, 1.54) is 79.3 Å². The van der Waals surface area contributed by atoms with E-state index in [4.69, 9.17) is 10.2 Å². The zero-order chi connectivity index (χ0) is 17.6. The minimum atomic E-state index is -1.31. The summed E-state index contributed by atoms with van der Waals surface area (Å²) in [5, 5.41) is 15.4.